The smallest absolute Gasteiger partial charge is 0.270 e. The van der Waals surface area contributed by atoms with Crippen LogP contribution in [0.25, 0.3) is 21.7 Å². The first kappa shape index (κ1) is 21.7. The van der Waals surface area contributed by atoms with Gasteiger partial charge in [0.25, 0.3) is 11.2 Å². The molecule has 4 aromatic rings. The van der Waals surface area contributed by atoms with E-state index in [4.69, 9.17) is 0 Å². The molecule has 0 aliphatic carbocycles. The molecule has 1 aromatic heterocycles. The van der Waals surface area contributed by atoms with Crippen LogP contribution >= 0.6 is 0 Å². The van der Waals surface area contributed by atoms with Crippen LogP contribution in [-0.4, -0.2) is 56.4 Å². The second-order valence-corrected chi connectivity index (χ2v) is 8.43. The largest absolute Gasteiger partial charge is 0.339 e. The maximum atomic E-state index is 12.9. The first-order valence-electron chi connectivity index (χ1n) is 11.1. The fourth-order valence-corrected chi connectivity index (χ4v) is 4.45. The number of fused-ring (bicyclic) bond motifs is 2. The minimum atomic E-state index is -0.556. The Labute approximate surface area is 195 Å². The van der Waals surface area contributed by atoms with Gasteiger partial charge < -0.3 is 4.90 Å². The molecule has 1 saturated heterocycles. The number of nitro benzene ring substituents is 1. The van der Waals surface area contributed by atoms with E-state index in [0.717, 1.165) is 19.6 Å². The summed E-state index contributed by atoms with van der Waals surface area (Å²) in [6, 6.07) is 18.6. The minimum Gasteiger partial charge on any atom is -0.339 e. The molecule has 0 radical (unpaired) electrons. The van der Waals surface area contributed by atoms with E-state index in [9.17, 15) is 19.7 Å². The zero-order valence-corrected chi connectivity index (χ0v) is 18.5. The van der Waals surface area contributed by atoms with E-state index in [1.54, 1.807) is 4.90 Å². The molecule has 2 heterocycles. The number of nitrogens with zero attached hydrogens (tertiary/aromatic N) is 5. The summed E-state index contributed by atoms with van der Waals surface area (Å²) in [5.41, 5.74) is 0.983. The summed E-state index contributed by atoms with van der Waals surface area (Å²) in [4.78, 5) is 44.4. The Kier molecular flexibility index (Phi) is 5.77. The van der Waals surface area contributed by atoms with Crippen LogP contribution in [0.2, 0.25) is 0 Å². The standard InChI is InChI=1S/C25H23N5O4/c31-24(16-29-17-26-23-9-8-20(30(33)34)14-22(23)25(29)32)28-12-10-27(11-13-28)15-19-6-3-5-18-4-1-2-7-21(18)19/h1-9,14,17H,10-13,15-16H2. The maximum absolute atomic E-state index is 12.9. The highest BCUT2D eigenvalue weighted by atomic mass is 16.6. The van der Waals surface area contributed by atoms with Crippen LogP contribution in [0.1, 0.15) is 5.56 Å². The molecule has 1 aliphatic heterocycles. The van der Waals surface area contributed by atoms with Crippen LogP contribution in [0, 0.1) is 10.1 Å². The van der Waals surface area contributed by atoms with E-state index in [2.05, 4.69) is 40.2 Å². The molecule has 0 bridgehead atoms. The summed E-state index contributed by atoms with van der Waals surface area (Å²) < 4.78 is 1.22. The molecule has 1 amide bonds. The molecular formula is C25H23N5O4. The molecule has 1 aliphatic rings. The predicted molar refractivity (Wildman–Crippen MR) is 128 cm³/mol. The van der Waals surface area contributed by atoms with Gasteiger partial charge in [0, 0.05) is 44.9 Å². The highest BCUT2D eigenvalue weighted by molar-refractivity contribution is 5.85. The predicted octanol–water partition coefficient (Wildman–Crippen LogP) is 2.80. The molecule has 172 valence electrons. The quantitative estimate of drug-likeness (QED) is 0.337. The van der Waals surface area contributed by atoms with Gasteiger partial charge in [0.2, 0.25) is 5.91 Å². The summed E-state index contributed by atoms with van der Waals surface area (Å²) in [5.74, 6) is -0.168. The molecule has 0 unspecified atom stereocenters. The number of hydrogen-bond donors (Lipinski definition) is 0. The Bertz CT molecular complexity index is 1450. The molecule has 9 nitrogen and oxygen atoms in total. The van der Waals surface area contributed by atoms with Crippen LogP contribution in [0.4, 0.5) is 5.69 Å². The van der Waals surface area contributed by atoms with E-state index in [0.29, 0.717) is 18.6 Å². The van der Waals surface area contributed by atoms with Gasteiger partial charge in [-0.1, -0.05) is 42.5 Å². The van der Waals surface area contributed by atoms with Gasteiger partial charge in [-0.25, -0.2) is 4.98 Å². The molecule has 1 fully saturated rings. The first-order valence-corrected chi connectivity index (χ1v) is 11.1. The molecule has 0 saturated carbocycles. The zero-order chi connectivity index (χ0) is 23.7. The Hall–Kier alpha value is -4.11. The lowest BCUT2D eigenvalue weighted by molar-refractivity contribution is -0.384. The lowest BCUT2D eigenvalue weighted by Crippen LogP contribution is -2.49. The Morgan fingerprint density at radius 2 is 1.74 bits per heavy atom. The van der Waals surface area contributed by atoms with Crippen molar-refractivity contribution in [3.8, 4) is 0 Å². The van der Waals surface area contributed by atoms with Gasteiger partial charge in [-0.05, 0) is 22.4 Å². The molecule has 3 aromatic carbocycles. The topological polar surface area (TPSA) is 102 Å². The molecule has 0 N–H and O–H groups in total. The van der Waals surface area contributed by atoms with Gasteiger partial charge in [0.05, 0.1) is 22.2 Å². The Morgan fingerprint density at radius 1 is 0.971 bits per heavy atom. The Morgan fingerprint density at radius 3 is 2.53 bits per heavy atom. The molecule has 0 atom stereocenters. The van der Waals surface area contributed by atoms with Gasteiger partial charge in [-0.15, -0.1) is 0 Å². The number of nitro groups is 1. The lowest BCUT2D eigenvalue weighted by Gasteiger charge is -2.35. The second-order valence-electron chi connectivity index (χ2n) is 8.43. The van der Waals surface area contributed by atoms with Crippen molar-refractivity contribution in [1.29, 1.82) is 0 Å². The van der Waals surface area contributed by atoms with E-state index < -0.39 is 10.5 Å². The molecule has 34 heavy (non-hydrogen) atoms. The van der Waals surface area contributed by atoms with Crippen molar-refractivity contribution in [2.45, 2.75) is 13.1 Å². The van der Waals surface area contributed by atoms with Crippen molar-refractivity contribution in [2.24, 2.45) is 0 Å². The number of non-ortho nitro benzene ring substituents is 1. The van der Waals surface area contributed by atoms with Crippen LogP contribution < -0.4 is 5.56 Å². The van der Waals surface area contributed by atoms with E-state index in [1.165, 1.54) is 45.4 Å². The zero-order valence-electron chi connectivity index (χ0n) is 18.5. The average Bonchev–Trinajstić information content (AvgIpc) is 2.86. The number of carbonyl (C=O) groups is 1. The monoisotopic (exact) mass is 457 g/mol. The molecular weight excluding hydrogens is 434 g/mol. The van der Waals surface area contributed by atoms with Gasteiger partial charge in [-0.3, -0.25) is 29.2 Å². The number of rotatable bonds is 5. The van der Waals surface area contributed by atoms with Crippen molar-refractivity contribution in [3.63, 3.8) is 0 Å². The average molecular weight is 457 g/mol. The highest BCUT2D eigenvalue weighted by Gasteiger charge is 2.22. The lowest BCUT2D eigenvalue weighted by atomic mass is 10.0. The number of hydrogen-bond acceptors (Lipinski definition) is 6. The van der Waals surface area contributed by atoms with Gasteiger partial charge in [0.1, 0.15) is 6.54 Å². The Balaban J connectivity index is 1.25. The number of benzene rings is 3. The molecule has 9 heteroatoms. The third-order valence-electron chi connectivity index (χ3n) is 6.32. The summed E-state index contributed by atoms with van der Waals surface area (Å²) >= 11 is 0. The van der Waals surface area contributed by atoms with Gasteiger partial charge >= 0.3 is 0 Å². The number of carbonyl (C=O) groups excluding carboxylic acids is 1. The van der Waals surface area contributed by atoms with E-state index in [-0.39, 0.29) is 23.5 Å². The van der Waals surface area contributed by atoms with Crippen LogP contribution in [-0.2, 0) is 17.9 Å². The SMILES string of the molecule is O=C(Cn1cnc2ccc([N+](=O)[O-])cc2c1=O)N1CCN(Cc2cccc3ccccc23)CC1. The van der Waals surface area contributed by atoms with Crippen molar-refractivity contribution in [3.05, 3.63) is 93.0 Å². The summed E-state index contributed by atoms with van der Waals surface area (Å²) in [6.07, 6.45) is 1.32. The van der Waals surface area contributed by atoms with Gasteiger partial charge in [0.15, 0.2) is 0 Å². The summed E-state index contributed by atoms with van der Waals surface area (Å²) in [7, 11) is 0. The normalized spacial score (nSPS) is 14.5. The molecule has 0 spiro atoms. The van der Waals surface area contributed by atoms with Crippen molar-refractivity contribution < 1.29 is 9.72 Å². The third-order valence-corrected chi connectivity index (χ3v) is 6.32. The van der Waals surface area contributed by atoms with E-state index >= 15 is 0 Å². The number of aromatic nitrogens is 2. The fourth-order valence-electron chi connectivity index (χ4n) is 4.45. The summed E-state index contributed by atoms with van der Waals surface area (Å²) in [5, 5.41) is 13.6. The minimum absolute atomic E-state index is 0.129. The van der Waals surface area contributed by atoms with Gasteiger partial charge in [-0.2, -0.15) is 0 Å². The van der Waals surface area contributed by atoms with Crippen molar-refractivity contribution >= 4 is 33.3 Å². The maximum Gasteiger partial charge on any atom is 0.270 e. The number of piperazine rings is 1. The first-order chi connectivity index (χ1) is 16.5. The van der Waals surface area contributed by atoms with Crippen LogP contribution in [0.3, 0.4) is 0 Å². The van der Waals surface area contributed by atoms with Crippen molar-refractivity contribution in [1.82, 2.24) is 19.4 Å². The van der Waals surface area contributed by atoms with Crippen LogP contribution in [0.5, 0.6) is 0 Å². The highest BCUT2D eigenvalue weighted by Crippen LogP contribution is 2.21. The number of amides is 1. The third kappa shape index (κ3) is 4.25. The molecule has 5 rings (SSSR count). The second kappa shape index (κ2) is 9.03. The fraction of sp³-hybridized carbons (Fsp3) is 0.240. The van der Waals surface area contributed by atoms with Crippen LogP contribution in [0.15, 0.2) is 71.8 Å². The van der Waals surface area contributed by atoms with Crippen molar-refractivity contribution in [2.75, 3.05) is 26.2 Å². The van der Waals surface area contributed by atoms with E-state index in [1.807, 2.05) is 12.1 Å². The summed E-state index contributed by atoms with van der Waals surface area (Å²) in [6.45, 7) is 3.30.